The van der Waals surface area contributed by atoms with Crippen LogP contribution in [0.15, 0.2) is 54.6 Å². The van der Waals surface area contributed by atoms with Crippen LogP contribution >= 0.6 is 0 Å². The summed E-state index contributed by atoms with van der Waals surface area (Å²) in [5.74, 6) is 0.256. The van der Waals surface area contributed by atoms with Gasteiger partial charge in [-0.05, 0) is 57.2 Å². The van der Waals surface area contributed by atoms with Crippen molar-refractivity contribution in [2.75, 3.05) is 12.4 Å². The first-order valence-corrected chi connectivity index (χ1v) is 9.42. The molecule has 2 aromatic carbocycles. The molecule has 0 aliphatic carbocycles. The Kier molecular flexibility index (Phi) is 5.96. The molecule has 1 aliphatic heterocycles. The fourth-order valence-corrected chi connectivity index (χ4v) is 3.03. The van der Waals surface area contributed by atoms with E-state index in [0.29, 0.717) is 17.2 Å². The van der Waals surface area contributed by atoms with Crippen molar-refractivity contribution in [3.8, 4) is 11.5 Å². The van der Waals surface area contributed by atoms with Crippen LogP contribution in [0.1, 0.15) is 20.8 Å². The van der Waals surface area contributed by atoms with Crippen LogP contribution < -0.4 is 20.1 Å². The molecule has 0 bridgehead atoms. The Balaban J connectivity index is 1.86. The van der Waals surface area contributed by atoms with Crippen LogP contribution in [0.3, 0.4) is 0 Å². The van der Waals surface area contributed by atoms with Gasteiger partial charge in [0.05, 0.1) is 7.11 Å². The average molecular weight is 398 g/mol. The van der Waals surface area contributed by atoms with Crippen molar-refractivity contribution in [3.05, 3.63) is 54.6 Å². The summed E-state index contributed by atoms with van der Waals surface area (Å²) >= 11 is 0. The van der Waals surface area contributed by atoms with E-state index in [9.17, 15) is 9.59 Å². The molecule has 2 N–H and O–H groups in total. The molecule has 3 atom stereocenters. The number of rotatable bonds is 6. The lowest BCUT2D eigenvalue weighted by molar-refractivity contribution is -0.151. The second-order valence-electron chi connectivity index (χ2n) is 7.85. The molecular formula is C22H26N2O5. The zero-order valence-electron chi connectivity index (χ0n) is 17.0. The Morgan fingerprint density at radius 1 is 1.00 bits per heavy atom. The van der Waals surface area contributed by atoms with Crippen LogP contribution in [0.25, 0.3) is 0 Å². The third-order valence-corrected chi connectivity index (χ3v) is 4.31. The van der Waals surface area contributed by atoms with Gasteiger partial charge >= 0.3 is 5.97 Å². The number of para-hydroxylation sites is 1. The molecule has 1 aliphatic rings. The van der Waals surface area contributed by atoms with Crippen molar-refractivity contribution in [1.82, 2.24) is 5.32 Å². The highest BCUT2D eigenvalue weighted by Crippen LogP contribution is 2.27. The maximum Gasteiger partial charge on any atom is 0.350 e. The third-order valence-electron chi connectivity index (χ3n) is 4.31. The van der Waals surface area contributed by atoms with Gasteiger partial charge in [0.15, 0.2) is 0 Å². The summed E-state index contributed by atoms with van der Waals surface area (Å²) in [6.07, 6.45) is -2.01. The number of carbonyl (C=O) groups is 2. The first-order valence-electron chi connectivity index (χ1n) is 9.42. The number of methoxy groups -OCH3 is 1. The average Bonchev–Trinajstić information content (AvgIpc) is 2.98. The first-order chi connectivity index (χ1) is 13.8. The highest BCUT2D eigenvalue weighted by molar-refractivity contribution is 5.91. The molecule has 154 valence electrons. The van der Waals surface area contributed by atoms with Crippen LogP contribution in [0.5, 0.6) is 11.5 Å². The number of cyclic esters (lactones) is 1. The lowest BCUT2D eigenvalue weighted by atomic mass is 10.0. The zero-order valence-corrected chi connectivity index (χ0v) is 17.0. The first kappa shape index (κ1) is 20.5. The van der Waals surface area contributed by atoms with Gasteiger partial charge in [-0.25, -0.2) is 4.79 Å². The van der Waals surface area contributed by atoms with Gasteiger partial charge in [0.25, 0.3) is 5.91 Å². The quantitative estimate of drug-likeness (QED) is 0.728. The van der Waals surface area contributed by atoms with E-state index < -0.39 is 29.8 Å². The van der Waals surface area contributed by atoms with Crippen molar-refractivity contribution in [3.63, 3.8) is 0 Å². The van der Waals surface area contributed by atoms with Crippen molar-refractivity contribution in [1.29, 1.82) is 0 Å². The fraction of sp³-hybridized carbons (Fsp3) is 0.364. The maximum atomic E-state index is 12.8. The van der Waals surface area contributed by atoms with Crippen molar-refractivity contribution in [2.24, 2.45) is 0 Å². The molecular weight excluding hydrogens is 372 g/mol. The Bertz CT molecular complexity index is 846. The second-order valence-corrected chi connectivity index (χ2v) is 7.85. The lowest BCUT2D eigenvalue weighted by Crippen LogP contribution is -2.52. The SMILES string of the molecule is COc1ccc(N[C@H]2[C@@H](C(=O)NC(C)(C)C)OC(=O)[C@@H]2Oc2ccccc2)cc1. The summed E-state index contributed by atoms with van der Waals surface area (Å²) in [5, 5.41) is 6.09. The van der Waals surface area contributed by atoms with Crippen LogP contribution in [-0.4, -0.2) is 42.8 Å². The molecule has 0 spiro atoms. The van der Waals surface area contributed by atoms with Crippen LogP contribution in [0.2, 0.25) is 0 Å². The summed E-state index contributed by atoms with van der Waals surface area (Å²) in [6, 6.07) is 15.5. The van der Waals surface area contributed by atoms with Gasteiger partial charge in [0, 0.05) is 11.2 Å². The largest absolute Gasteiger partial charge is 0.497 e. The minimum atomic E-state index is -1.03. The third kappa shape index (κ3) is 5.19. The zero-order chi connectivity index (χ0) is 21.0. The summed E-state index contributed by atoms with van der Waals surface area (Å²) < 4.78 is 16.5. The molecule has 3 rings (SSSR count). The van der Waals surface area contributed by atoms with E-state index in [1.54, 1.807) is 43.5 Å². The van der Waals surface area contributed by atoms with Gasteiger partial charge in [-0.3, -0.25) is 4.79 Å². The van der Waals surface area contributed by atoms with Gasteiger partial charge < -0.3 is 24.8 Å². The monoisotopic (exact) mass is 398 g/mol. The number of hydrogen-bond donors (Lipinski definition) is 2. The Morgan fingerprint density at radius 3 is 2.24 bits per heavy atom. The number of hydrogen-bond acceptors (Lipinski definition) is 6. The van der Waals surface area contributed by atoms with Crippen molar-refractivity contribution in [2.45, 2.75) is 44.6 Å². The molecule has 1 saturated heterocycles. The highest BCUT2D eigenvalue weighted by Gasteiger charge is 2.50. The molecule has 0 unspecified atom stereocenters. The Hall–Kier alpha value is -3.22. The number of benzene rings is 2. The minimum absolute atomic E-state index is 0.379. The number of nitrogens with one attached hydrogen (secondary N) is 2. The molecule has 1 amide bonds. The minimum Gasteiger partial charge on any atom is -0.497 e. The molecule has 29 heavy (non-hydrogen) atoms. The van der Waals surface area contributed by atoms with E-state index in [0.717, 1.165) is 0 Å². The molecule has 7 nitrogen and oxygen atoms in total. The fourth-order valence-electron chi connectivity index (χ4n) is 3.03. The van der Waals surface area contributed by atoms with Gasteiger partial charge in [-0.15, -0.1) is 0 Å². The second kappa shape index (κ2) is 8.43. The van der Waals surface area contributed by atoms with Crippen LogP contribution in [0, 0.1) is 0 Å². The number of carbonyl (C=O) groups excluding carboxylic acids is 2. The van der Waals surface area contributed by atoms with Gasteiger partial charge in [-0.2, -0.15) is 0 Å². The van der Waals surface area contributed by atoms with E-state index in [1.807, 2.05) is 39.0 Å². The molecule has 1 heterocycles. The normalized spacial score (nSPS) is 21.2. The predicted octanol–water partition coefficient (Wildman–Crippen LogP) is 2.76. The van der Waals surface area contributed by atoms with Crippen LogP contribution in [-0.2, 0) is 14.3 Å². The number of esters is 1. The number of ether oxygens (including phenoxy) is 3. The van der Waals surface area contributed by atoms with E-state index in [4.69, 9.17) is 14.2 Å². The topological polar surface area (TPSA) is 85.9 Å². The lowest BCUT2D eigenvalue weighted by Gasteiger charge is -2.27. The van der Waals surface area contributed by atoms with E-state index in [-0.39, 0.29) is 5.91 Å². The summed E-state index contributed by atoms with van der Waals surface area (Å²) in [4.78, 5) is 25.4. The molecule has 0 aromatic heterocycles. The molecule has 0 saturated carbocycles. The van der Waals surface area contributed by atoms with E-state index >= 15 is 0 Å². The standard InChI is InChI=1S/C22H26N2O5/c1-22(2,3)24-20(25)18-17(23-14-10-12-15(27-4)13-11-14)19(21(26)29-18)28-16-8-6-5-7-9-16/h5-13,17-19,23H,1-4H3,(H,24,25)/t17-,18-,19+/m0/s1. The Labute approximate surface area is 170 Å². The molecule has 7 heteroatoms. The number of anilines is 1. The molecule has 2 aromatic rings. The summed E-state index contributed by atoms with van der Waals surface area (Å²) in [7, 11) is 1.59. The highest BCUT2D eigenvalue weighted by atomic mass is 16.6. The van der Waals surface area contributed by atoms with Gasteiger partial charge in [0.1, 0.15) is 17.5 Å². The maximum absolute atomic E-state index is 12.8. The predicted molar refractivity (Wildman–Crippen MR) is 109 cm³/mol. The van der Waals surface area contributed by atoms with Gasteiger partial charge in [0.2, 0.25) is 12.2 Å². The molecule has 1 fully saturated rings. The number of amides is 1. The summed E-state index contributed by atoms with van der Waals surface area (Å²) in [5.41, 5.74) is 0.247. The summed E-state index contributed by atoms with van der Waals surface area (Å²) in [6.45, 7) is 5.60. The smallest absolute Gasteiger partial charge is 0.350 e. The Morgan fingerprint density at radius 2 is 1.66 bits per heavy atom. The van der Waals surface area contributed by atoms with Crippen molar-refractivity contribution < 1.29 is 23.8 Å². The van der Waals surface area contributed by atoms with Crippen molar-refractivity contribution >= 4 is 17.6 Å². The van der Waals surface area contributed by atoms with E-state index in [2.05, 4.69) is 10.6 Å². The van der Waals surface area contributed by atoms with E-state index in [1.165, 1.54) is 0 Å². The van der Waals surface area contributed by atoms with Gasteiger partial charge in [-0.1, -0.05) is 18.2 Å². The molecule has 0 radical (unpaired) electrons. The van der Waals surface area contributed by atoms with Crippen LogP contribution in [0.4, 0.5) is 5.69 Å².